The van der Waals surface area contributed by atoms with Crippen LogP contribution >= 0.6 is 0 Å². The van der Waals surface area contributed by atoms with Crippen molar-refractivity contribution in [1.82, 2.24) is 10.2 Å². The van der Waals surface area contributed by atoms with Gasteiger partial charge in [0.25, 0.3) is 0 Å². The monoisotopic (exact) mass is 322 g/mol. The van der Waals surface area contributed by atoms with Crippen LogP contribution < -0.4 is 5.32 Å². The quantitative estimate of drug-likeness (QED) is 0.705. The second kappa shape index (κ2) is 5.47. The van der Waals surface area contributed by atoms with Gasteiger partial charge in [-0.15, -0.1) is 0 Å². The number of amides is 2. The number of rotatable bonds is 3. The molecule has 1 aliphatic carbocycles. The van der Waals surface area contributed by atoms with Crippen molar-refractivity contribution in [2.24, 2.45) is 23.7 Å². The van der Waals surface area contributed by atoms with Gasteiger partial charge in [0.1, 0.15) is 0 Å². The molecule has 0 radical (unpaired) electrons. The molecule has 0 aromatic carbocycles. The smallest absolute Gasteiger partial charge is 0.311 e. The fraction of sp³-hybridized carbons (Fsp3) is 0.812. The first kappa shape index (κ1) is 14.9. The van der Waals surface area contributed by atoms with E-state index < -0.39 is 23.7 Å². The van der Waals surface area contributed by atoms with Crippen molar-refractivity contribution in [1.29, 1.82) is 0 Å². The number of ether oxygens (including phenoxy) is 1. The molecule has 4 aliphatic rings. The molecule has 126 valence electrons. The van der Waals surface area contributed by atoms with Gasteiger partial charge in [0, 0.05) is 25.6 Å². The first-order valence-corrected chi connectivity index (χ1v) is 8.50. The van der Waals surface area contributed by atoms with Gasteiger partial charge in [0.05, 0.1) is 18.1 Å². The molecule has 4 fully saturated rings. The molecule has 23 heavy (non-hydrogen) atoms. The Labute approximate surface area is 134 Å². The molecule has 4 rings (SSSR count). The van der Waals surface area contributed by atoms with Gasteiger partial charge in [-0.05, 0) is 37.5 Å². The molecule has 2 bridgehead atoms. The summed E-state index contributed by atoms with van der Waals surface area (Å²) in [5.41, 5.74) is 0. The van der Waals surface area contributed by atoms with E-state index in [0.29, 0.717) is 43.9 Å². The lowest BCUT2D eigenvalue weighted by atomic mass is 9.89. The highest BCUT2D eigenvalue weighted by Crippen LogP contribution is 2.60. The Morgan fingerprint density at radius 2 is 2.04 bits per heavy atom. The van der Waals surface area contributed by atoms with Crippen molar-refractivity contribution in [3.63, 3.8) is 0 Å². The number of nitrogens with one attached hydrogen (secondary N) is 1. The Balaban J connectivity index is 1.27. The number of carbonyl (C=O) groups excluding carboxylic acids is 2. The Bertz CT molecular complexity index is 551. The van der Waals surface area contributed by atoms with E-state index in [4.69, 9.17) is 9.84 Å². The summed E-state index contributed by atoms with van der Waals surface area (Å²) in [6.07, 6.45) is 4.03. The lowest BCUT2D eigenvalue weighted by Gasteiger charge is -2.30. The molecule has 0 unspecified atom stereocenters. The van der Waals surface area contributed by atoms with E-state index in [1.54, 1.807) is 0 Å². The number of fused-ring (bicyclic) bond motifs is 5. The van der Waals surface area contributed by atoms with Crippen LogP contribution in [0.5, 0.6) is 0 Å². The van der Waals surface area contributed by atoms with Gasteiger partial charge in [0.15, 0.2) is 0 Å². The third-order valence-electron chi connectivity index (χ3n) is 5.90. The van der Waals surface area contributed by atoms with Crippen molar-refractivity contribution in [3.05, 3.63) is 0 Å². The summed E-state index contributed by atoms with van der Waals surface area (Å²) in [6, 6.07) is 0. The summed E-state index contributed by atoms with van der Waals surface area (Å²) in [4.78, 5) is 36.7. The fourth-order valence-electron chi connectivity index (χ4n) is 4.57. The lowest BCUT2D eigenvalue weighted by molar-refractivity contribution is -0.150. The maximum atomic E-state index is 12.2. The molecule has 0 aromatic heterocycles. The van der Waals surface area contributed by atoms with E-state index in [9.17, 15) is 14.4 Å². The Morgan fingerprint density at radius 3 is 2.74 bits per heavy atom. The number of nitrogens with zero attached hydrogens (tertiary/aromatic N) is 1. The molecule has 6 atom stereocenters. The molecule has 3 heterocycles. The predicted octanol–water partition coefficient (Wildman–Crippen LogP) is -0.151. The van der Waals surface area contributed by atoms with Crippen molar-refractivity contribution >= 4 is 17.8 Å². The minimum atomic E-state index is -0.902. The summed E-state index contributed by atoms with van der Waals surface area (Å²) in [7, 11) is 0. The molecule has 7 heteroatoms. The first-order chi connectivity index (χ1) is 11.0. The van der Waals surface area contributed by atoms with Gasteiger partial charge < -0.3 is 20.1 Å². The second-order valence-electron chi connectivity index (χ2n) is 7.34. The van der Waals surface area contributed by atoms with Crippen LogP contribution in [0.15, 0.2) is 0 Å². The van der Waals surface area contributed by atoms with Crippen LogP contribution in [-0.4, -0.2) is 59.6 Å². The van der Waals surface area contributed by atoms with Gasteiger partial charge in [0.2, 0.25) is 0 Å². The largest absolute Gasteiger partial charge is 0.481 e. The molecule has 0 spiro atoms. The fourth-order valence-corrected chi connectivity index (χ4v) is 4.57. The van der Waals surface area contributed by atoms with Gasteiger partial charge in [-0.25, -0.2) is 0 Å². The molecule has 3 aliphatic heterocycles. The standard InChI is InChI=1S/C16H22N2O5/c19-14(15(20)18-3-1-2-8(7-18)16(21)22)17-6-9-4-12-10-5-11(10)13(9)23-12/h8-13H,1-7H2,(H,17,19)(H,21,22)/t8-,9+,10-,11+,12+,13-/m1/s1. The van der Waals surface area contributed by atoms with Crippen molar-refractivity contribution < 1.29 is 24.2 Å². The molecule has 2 N–H and O–H groups in total. The third-order valence-corrected chi connectivity index (χ3v) is 5.90. The summed E-state index contributed by atoms with van der Waals surface area (Å²) in [5, 5.41) is 11.8. The molecule has 0 aromatic rings. The van der Waals surface area contributed by atoms with Gasteiger partial charge in [-0.2, -0.15) is 0 Å². The van der Waals surface area contributed by atoms with Gasteiger partial charge >= 0.3 is 17.8 Å². The summed E-state index contributed by atoms with van der Waals surface area (Å²) >= 11 is 0. The van der Waals surface area contributed by atoms with Crippen LogP contribution in [-0.2, 0) is 19.1 Å². The number of hydrogen-bond acceptors (Lipinski definition) is 4. The van der Waals surface area contributed by atoms with Crippen LogP contribution in [0.25, 0.3) is 0 Å². The molecule has 2 amide bonds. The highest BCUT2D eigenvalue weighted by molar-refractivity contribution is 6.35. The Hall–Kier alpha value is -1.63. The summed E-state index contributed by atoms with van der Waals surface area (Å²) in [6.45, 7) is 1.06. The molecule has 3 saturated heterocycles. The van der Waals surface area contributed by atoms with Crippen LogP contribution in [0.2, 0.25) is 0 Å². The Kier molecular flexibility index (Phi) is 3.55. The molecule has 1 saturated carbocycles. The normalized spacial score (nSPS) is 40.6. The zero-order chi connectivity index (χ0) is 16.1. The highest BCUT2D eigenvalue weighted by atomic mass is 16.5. The van der Waals surface area contributed by atoms with Gasteiger partial charge in [-0.1, -0.05) is 0 Å². The number of carboxylic acids is 1. The number of likely N-dealkylation sites (tertiary alicyclic amines) is 1. The number of carbonyl (C=O) groups is 3. The topological polar surface area (TPSA) is 95.9 Å². The van der Waals surface area contributed by atoms with E-state index in [1.807, 2.05) is 0 Å². The second-order valence-corrected chi connectivity index (χ2v) is 7.34. The van der Waals surface area contributed by atoms with E-state index in [1.165, 1.54) is 11.3 Å². The summed E-state index contributed by atoms with van der Waals surface area (Å²) < 4.78 is 5.88. The van der Waals surface area contributed by atoms with Crippen molar-refractivity contribution in [3.8, 4) is 0 Å². The zero-order valence-electron chi connectivity index (χ0n) is 12.9. The number of carboxylic acid groups (broad SMARTS) is 1. The minimum absolute atomic E-state index is 0.128. The summed E-state index contributed by atoms with van der Waals surface area (Å²) in [5.74, 6) is -0.962. The number of hydrogen-bond donors (Lipinski definition) is 2. The van der Waals surface area contributed by atoms with Crippen LogP contribution in [0, 0.1) is 23.7 Å². The van der Waals surface area contributed by atoms with Crippen molar-refractivity contribution in [2.45, 2.75) is 37.9 Å². The highest BCUT2D eigenvalue weighted by Gasteiger charge is 2.62. The lowest BCUT2D eigenvalue weighted by Crippen LogP contribution is -2.49. The van der Waals surface area contributed by atoms with Gasteiger partial charge in [-0.3, -0.25) is 14.4 Å². The van der Waals surface area contributed by atoms with E-state index >= 15 is 0 Å². The SMILES string of the molecule is O=C(NC[C@@H]1C[C@@H]2O[C@H]1[C@H]1C[C@H]12)C(=O)N1CCC[C@@H](C(=O)O)C1. The minimum Gasteiger partial charge on any atom is -0.481 e. The third kappa shape index (κ3) is 2.60. The maximum Gasteiger partial charge on any atom is 0.311 e. The van der Waals surface area contributed by atoms with Crippen LogP contribution in [0.4, 0.5) is 0 Å². The molecular formula is C16H22N2O5. The Morgan fingerprint density at radius 1 is 1.22 bits per heavy atom. The number of aliphatic carboxylic acids is 1. The van der Waals surface area contributed by atoms with E-state index in [0.717, 1.165) is 12.3 Å². The van der Waals surface area contributed by atoms with Crippen LogP contribution in [0.1, 0.15) is 25.7 Å². The van der Waals surface area contributed by atoms with Crippen LogP contribution in [0.3, 0.4) is 0 Å². The van der Waals surface area contributed by atoms with E-state index in [-0.39, 0.29) is 12.6 Å². The average molecular weight is 322 g/mol. The maximum absolute atomic E-state index is 12.2. The average Bonchev–Trinajstić information content (AvgIpc) is 3.17. The molecular weight excluding hydrogens is 300 g/mol. The number of piperidine rings is 1. The first-order valence-electron chi connectivity index (χ1n) is 8.50. The zero-order valence-corrected chi connectivity index (χ0v) is 12.9. The van der Waals surface area contributed by atoms with E-state index in [2.05, 4.69) is 5.32 Å². The predicted molar refractivity (Wildman–Crippen MR) is 78.3 cm³/mol. The molecule has 7 nitrogen and oxygen atoms in total. The van der Waals surface area contributed by atoms with Crippen molar-refractivity contribution in [2.75, 3.05) is 19.6 Å².